The summed E-state index contributed by atoms with van der Waals surface area (Å²) in [6, 6.07) is 4.09. The quantitative estimate of drug-likeness (QED) is 0.878. The Hall–Kier alpha value is -0.880. The maximum absolute atomic E-state index is 12.1. The molecular weight excluding hydrogens is 342 g/mol. The number of carboxylic acids is 1. The molecule has 1 aliphatic heterocycles. The molecule has 1 fully saturated rings. The van der Waals surface area contributed by atoms with Crippen molar-refractivity contribution >= 4 is 39.1 Å². The van der Waals surface area contributed by atoms with Crippen LogP contribution in [0.5, 0.6) is 0 Å². The van der Waals surface area contributed by atoms with Gasteiger partial charge in [-0.25, -0.2) is 0 Å². The fraction of sp³-hybridized carbons (Fsp3) is 0.571. The number of hydrogen-bond acceptors (Lipinski definition) is 3. The SMILES string of the molecule is O=C(O)[C@@H]1CCCN(C(=O)CCCc2ccc(Br)s2)C1. The van der Waals surface area contributed by atoms with E-state index in [2.05, 4.69) is 22.0 Å². The van der Waals surface area contributed by atoms with Gasteiger partial charge in [-0.15, -0.1) is 11.3 Å². The molecule has 0 radical (unpaired) electrons. The number of nitrogens with zero attached hydrogens (tertiary/aromatic N) is 1. The topological polar surface area (TPSA) is 57.6 Å². The van der Waals surface area contributed by atoms with Gasteiger partial charge in [-0.2, -0.15) is 0 Å². The summed E-state index contributed by atoms with van der Waals surface area (Å²) in [5.41, 5.74) is 0. The number of halogens is 1. The van der Waals surface area contributed by atoms with Gasteiger partial charge in [0, 0.05) is 24.4 Å². The highest BCUT2D eigenvalue weighted by Gasteiger charge is 2.27. The molecule has 0 saturated carbocycles. The van der Waals surface area contributed by atoms with Crippen molar-refractivity contribution in [1.82, 2.24) is 4.90 Å². The molecule has 110 valence electrons. The summed E-state index contributed by atoms with van der Waals surface area (Å²) < 4.78 is 1.11. The lowest BCUT2D eigenvalue weighted by Gasteiger charge is -2.30. The molecule has 1 aromatic heterocycles. The molecule has 0 unspecified atom stereocenters. The first-order chi connectivity index (χ1) is 9.56. The Balaban J connectivity index is 1.75. The molecule has 0 bridgehead atoms. The van der Waals surface area contributed by atoms with E-state index in [9.17, 15) is 9.59 Å². The van der Waals surface area contributed by atoms with E-state index >= 15 is 0 Å². The normalized spacial score (nSPS) is 19.1. The van der Waals surface area contributed by atoms with Crippen molar-refractivity contribution in [3.63, 3.8) is 0 Å². The summed E-state index contributed by atoms with van der Waals surface area (Å²) >= 11 is 5.12. The minimum Gasteiger partial charge on any atom is -0.481 e. The highest BCUT2D eigenvalue weighted by Crippen LogP contribution is 2.24. The van der Waals surface area contributed by atoms with Gasteiger partial charge in [-0.05, 0) is 53.7 Å². The van der Waals surface area contributed by atoms with Crippen LogP contribution in [0.3, 0.4) is 0 Å². The minimum atomic E-state index is -0.786. The summed E-state index contributed by atoms with van der Waals surface area (Å²) in [5, 5.41) is 9.02. The molecule has 1 saturated heterocycles. The molecule has 20 heavy (non-hydrogen) atoms. The van der Waals surface area contributed by atoms with Crippen LogP contribution in [0.25, 0.3) is 0 Å². The second-order valence-electron chi connectivity index (χ2n) is 5.08. The van der Waals surface area contributed by atoms with Gasteiger partial charge in [0.15, 0.2) is 0 Å². The molecule has 4 nitrogen and oxygen atoms in total. The van der Waals surface area contributed by atoms with Crippen LogP contribution in [0, 0.1) is 5.92 Å². The van der Waals surface area contributed by atoms with Crippen LogP contribution < -0.4 is 0 Å². The molecule has 1 aliphatic rings. The Morgan fingerprint density at radius 2 is 2.25 bits per heavy atom. The smallest absolute Gasteiger partial charge is 0.308 e. The van der Waals surface area contributed by atoms with Crippen LogP contribution in [0.15, 0.2) is 15.9 Å². The molecule has 6 heteroatoms. The maximum Gasteiger partial charge on any atom is 0.308 e. The van der Waals surface area contributed by atoms with Gasteiger partial charge in [0.1, 0.15) is 0 Å². The Kier molecular flexibility index (Phi) is 5.60. The number of hydrogen-bond donors (Lipinski definition) is 1. The summed E-state index contributed by atoms with van der Waals surface area (Å²) in [6.45, 7) is 1.08. The summed E-state index contributed by atoms with van der Waals surface area (Å²) in [7, 11) is 0. The molecule has 1 aromatic rings. The van der Waals surface area contributed by atoms with Crippen molar-refractivity contribution in [3.8, 4) is 0 Å². The fourth-order valence-corrected chi connectivity index (χ4v) is 3.99. The standard InChI is InChI=1S/C14H18BrNO3S/c15-12-7-6-11(20-12)4-1-5-13(17)16-8-2-3-10(9-16)14(18)19/h6-7,10H,1-5,8-9H2,(H,18,19)/t10-/m1/s1. The van der Waals surface area contributed by atoms with Gasteiger partial charge in [0.25, 0.3) is 0 Å². The van der Waals surface area contributed by atoms with E-state index in [-0.39, 0.29) is 11.8 Å². The average molecular weight is 360 g/mol. The van der Waals surface area contributed by atoms with Crippen LogP contribution in [-0.2, 0) is 16.0 Å². The summed E-state index contributed by atoms with van der Waals surface area (Å²) in [6.07, 6.45) is 3.70. The molecule has 0 spiro atoms. The number of carbonyl (C=O) groups excluding carboxylic acids is 1. The van der Waals surface area contributed by atoms with E-state index < -0.39 is 5.97 Å². The highest BCUT2D eigenvalue weighted by molar-refractivity contribution is 9.11. The van der Waals surface area contributed by atoms with E-state index in [0.717, 1.165) is 23.0 Å². The van der Waals surface area contributed by atoms with Gasteiger partial charge in [0.05, 0.1) is 9.70 Å². The van der Waals surface area contributed by atoms with Crippen LogP contribution in [-0.4, -0.2) is 35.0 Å². The largest absolute Gasteiger partial charge is 0.481 e. The van der Waals surface area contributed by atoms with E-state index in [4.69, 9.17) is 5.11 Å². The maximum atomic E-state index is 12.1. The van der Waals surface area contributed by atoms with E-state index in [1.54, 1.807) is 16.2 Å². The van der Waals surface area contributed by atoms with E-state index in [0.29, 0.717) is 25.9 Å². The molecule has 0 aromatic carbocycles. The lowest BCUT2D eigenvalue weighted by Crippen LogP contribution is -2.42. The van der Waals surface area contributed by atoms with Gasteiger partial charge < -0.3 is 10.0 Å². The van der Waals surface area contributed by atoms with E-state index in [1.165, 1.54) is 4.88 Å². The van der Waals surface area contributed by atoms with E-state index in [1.807, 2.05) is 6.07 Å². The number of likely N-dealkylation sites (tertiary alicyclic amines) is 1. The Bertz CT molecular complexity index is 489. The number of rotatable bonds is 5. The Morgan fingerprint density at radius 3 is 2.90 bits per heavy atom. The van der Waals surface area contributed by atoms with Crippen LogP contribution in [0.1, 0.15) is 30.6 Å². The second-order valence-corrected chi connectivity index (χ2v) is 7.62. The predicted molar refractivity (Wildman–Crippen MR) is 81.9 cm³/mol. The number of carbonyl (C=O) groups is 2. The zero-order chi connectivity index (χ0) is 14.5. The first-order valence-corrected chi connectivity index (χ1v) is 8.42. The Labute approximate surface area is 130 Å². The van der Waals surface area contributed by atoms with Crippen molar-refractivity contribution in [2.75, 3.05) is 13.1 Å². The lowest BCUT2D eigenvalue weighted by molar-refractivity contribution is -0.145. The molecule has 2 heterocycles. The predicted octanol–water partition coefficient (Wildman–Crippen LogP) is 3.16. The molecule has 0 aliphatic carbocycles. The van der Waals surface area contributed by atoms with Gasteiger partial charge in [-0.3, -0.25) is 9.59 Å². The summed E-state index contributed by atoms with van der Waals surface area (Å²) in [4.78, 5) is 26.1. The van der Waals surface area contributed by atoms with Gasteiger partial charge >= 0.3 is 5.97 Å². The molecule has 1 amide bonds. The van der Waals surface area contributed by atoms with Crippen LogP contribution >= 0.6 is 27.3 Å². The summed E-state index contributed by atoms with van der Waals surface area (Å²) in [5.74, 6) is -1.08. The second kappa shape index (κ2) is 7.22. The molecule has 1 N–H and O–H groups in total. The third-order valence-electron chi connectivity index (χ3n) is 3.57. The van der Waals surface area contributed by atoms with Crippen molar-refractivity contribution in [1.29, 1.82) is 0 Å². The van der Waals surface area contributed by atoms with Gasteiger partial charge in [-0.1, -0.05) is 0 Å². The third kappa shape index (κ3) is 4.31. The highest BCUT2D eigenvalue weighted by atomic mass is 79.9. The first-order valence-electron chi connectivity index (χ1n) is 6.81. The lowest BCUT2D eigenvalue weighted by atomic mass is 9.98. The fourth-order valence-electron chi connectivity index (χ4n) is 2.46. The monoisotopic (exact) mass is 359 g/mol. The van der Waals surface area contributed by atoms with Crippen LogP contribution in [0.2, 0.25) is 0 Å². The zero-order valence-electron chi connectivity index (χ0n) is 11.2. The molecule has 2 rings (SSSR count). The number of aliphatic carboxylic acids is 1. The van der Waals surface area contributed by atoms with Gasteiger partial charge in [0.2, 0.25) is 5.91 Å². The number of piperidine rings is 1. The number of amides is 1. The van der Waals surface area contributed by atoms with Crippen LogP contribution in [0.4, 0.5) is 0 Å². The zero-order valence-corrected chi connectivity index (χ0v) is 13.6. The Morgan fingerprint density at radius 1 is 1.45 bits per heavy atom. The number of aryl methyl sites for hydroxylation is 1. The first kappa shape index (κ1) is 15.5. The molecular formula is C14H18BrNO3S. The van der Waals surface area contributed by atoms with Crippen molar-refractivity contribution in [2.45, 2.75) is 32.1 Å². The van der Waals surface area contributed by atoms with Crippen molar-refractivity contribution in [3.05, 3.63) is 20.8 Å². The molecule has 1 atom stereocenters. The minimum absolute atomic E-state index is 0.0894. The number of carboxylic acid groups (broad SMARTS) is 1. The third-order valence-corrected chi connectivity index (χ3v) is 5.25. The van der Waals surface area contributed by atoms with Crippen molar-refractivity contribution < 1.29 is 14.7 Å². The average Bonchev–Trinajstić information content (AvgIpc) is 2.84. The number of thiophene rings is 1. The van der Waals surface area contributed by atoms with Crippen molar-refractivity contribution in [2.24, 2.45) is 5.92 Å².